The number of hydrogen-bond donors (Lipinski definition) is 2. The Morgan fingerprint density at radius 2 is 2.17 bits per heavy atom. The maximum atomic E-state index is 12.3. The van der Waals surface area contributed by atoms with E-state index in [1.165, 1.54) is 0 Å². The quantitative estimate of drug-likeness (QED) is 0.846. The van der Waals surface area contributed by atoms with Gasteiger partial charge in [-0.1, -0.05) is 0 Å². The number of nitrogens with zero attached hydrogens (tertiary/aromatic N) is 2. The number of rotatable bonds is 4. The minimum absolute atomic E-state index is 0.0872. The van der Waals surface area contributed by atoms with Crippen LogP contribution in [-0.4, -0.2) is 60.4 Å². The van der Waals surface area contributed by atoms with E-state index in [1.54, 1.807) is 24.3 Å². The van der Waals surface area contributed by atoms with Crippen molar-refractivity contribution in [1.29, 1.82) is 5.26 Å². The molecule has 23 heavy (non-hydrogen) atoms. The van der Waals surface area contributed by atoms with Crippen molar-refractivity contribution in [3.8, 4) is 6.07 Å². The summed E-state index contributed by atoms with van der Waals surface area (Å²) in [5.74, 6) is -0.104. The van der Waals surface area contributed by atoms with Gasteiger partial charge in [-0.05, 0) is 37.1 Å². The number of benzene rings is 1. The fourth-order valence-electron chi connectivity index (χ4n) is 3.33. The highest BCUT2D eigenvalue weighted by Crippen LogP contribution is 2.24. The summed E-state index contributed by atoms with van der Waals surface area (Å²) < 4.78 is 5.75. The normalized spacial score (nSPS) is 27.2. The lowest BCUT2D eigenvalue weighted by atomic mass is 10.1. The topological polar surface area (TPSA) is 85.6 Å². The van der Waals surface area contributed by atoms with E-state index in [2.05, 4.69) is 10.2 Å². The molecule has 3 rings (SSSR count). The van der Waals surface area contributed by atoms with E-state index in [4.69, 9.17) is 15.1 Å². The first kappa shape index (κ1) is 15.9. The summed E-state index contributed by atoms with van der Waals surface area (Å²) >= 11 is 0. The summed E-state index contributed by atoms with van der Waals surface area (Å²) in [5, 5.41) is 20.9. The Labute approximate surface area is 135 Å². The van der Waals surface area contributed by atoms with E-state index in [-0.39, 0.29) is 24.7 Å². The summed E-state index contributed by atoms with van der Waals surface area (Å²) in [6.45, 7) is 2.43. The van der Waals surface area contributed by atoms with E-state index in [1.807, 2.05) is 6.07 Å². The van der Waals surface area contributed by atoms with Gasteiger partial charge in [-0.25, -0.2) is 0 Å². The second-order valence-electron chi connectivity index (χ2n) is 6.17. The van der Waals surface area contributed by atoms with E-state index >= 15 is 0 Å². The van der Waals surface area contributed by atoms with Gasteiger partial charge in [0.2, 0.25) is 0 Å². The van der Waals surface area contributed by atoms with Crippen molar-refractivity contribution in [3.05, 3.63) is 35.4 Å². The van der Waals surface area contributed by atoms with Crippen LogP contribution in [0, 0.1) is 11.3 Å². The average Bonchev–Trinajstić information content (AvgIpc) is 2.96. The van der Waals surface area contributed by atoms with Gasteiger partial charge in [0.25, 0.3) is 5.91 Å². The Morgan fingerprint density at radius 3 is 2.87 bits per heavy atom. The molecule has 0 bridgehead atoms. The van der Waals surface area contributed by atoms with Gasteiger partial charge in [-0.15, -0.1) is 0 Å². The molecule has 0 unspecified atom stereocenters. The summed E-state index contributed by atoms with van der Waals surface area (Å²) in [6, 6.07) is 9.16. The van der Waals surface area contributed by atoms with Gasteiger partial charge in [0, 0.05) is 37.3 Å². The van der Waals surface area contributed by atoms with Crippen LogP contribution in [0.5, 0.6) is 0 Å². The number of fused-ring (bicyclic) bond motifs is 1. The smallest absolute Gasteiger partial charge is 0.251 e. The Hall–Kier alpha value is -1.94. The Morgan fingerprint density at radius 1 is 1.39 bits per heavy atom. The van der Waals surface area contributed by atoms with Gasteiger partial charge in [0.05, 0.1) is 24.3 Å². The number of ether oxygens (including phenoxy) is 1. The predicted octanol–water partition coefficient (Wildman–Crippen LogP) is 0.512. The number of aliphatic hydroxyl groups is 1. The first-order valence-corrected chi connectivity index (χ1v) is 7.97. The van der Waals surface area contributed by atoms with E-state index < -0.39 is 0 Å². The molecule has 2 heterocycles. The fourth-order valence-corrected chi connectivity index (χ4v) is 3.33. The van der Waals surface area contributed by atoms with Gasteiger partial charge in [0.15, 0.2) is 0 Å². The number of carbonyl (C=O) groups excluding carboxylic acids is 1. The number of aliphatic hydroxyl groups excluding tert-OH is 1. The van der Waals surface area contributed by atoms with E-state index in [0.717, 1.165) is 19.5 Å². The molecule has 3 atom stereocenters. The molecule has 0 spiro atoms. The highest BCUT2D eigenvalue weighted by Gasteiger charge is 2.37. The highest BCUT2D eigenvalue weighted by molar-refractivity contribution is 5.94. The van der Waals surface area contributed by atoms with Crippen molar-refractivity contribution in [2.45, 2.75) is 31.0 Å². The zero-order valence-electron chi connectivity index (χ0n) is 12.9. The number of amides is 1. The second kappa shape index (κ2) is 7.09. The third kappa shape index (κ3) is 3.70. The molecule has 2 N–H and O–H groups in total. The van der Waals surface area contributed by atoms with Gasteiger partial charge in [-0.2, -0.15) is 5.26 Å². The second-order valence-corrected chi connectivity index (χ2v) is 6.17. The molecule has 0 aliphatic carbocycles. The SMILES string of the molecule is N#Cc1ccc(C(=O)N[C@H]2C[C@H]3CO[C@@H](CCO)CN3C2)cc1. The summed E-state index contributed by atoms with van der Waals surface area (Å²) in [5.41, 5.74) is 1.12. The molecule has 122 valence electrons. The first-order valence-electron chi connectivity index (χ1n) is 7.97. The molecule has 0 aromatic heterocycles. The zero-order valence-corrected chi connectivity index (χ0v) is 12.9. The molecule has 2 saturated heterocycles. The number of nitriles is 1. The number of carbonyl (C=O) groups is 1. The van der Waals surface area contributed by atoms with Crippen molar-refractivity contribution in [2.75, 3.05) is 26.3 Å². The van der Waals surface area contributed by atoms with Crippen LogP contribution >= 0.6 is 0 Å². The van der Waals surface area contributed by atoms with Crippen LogP contribution < -0.4 is 5.32 Å². The van der Waals surface area contributed by atoms with Crippen molar-refractivity contribution >= 4 is 5.91 Å². The van der Waals surface area contributed by atoms with Crippen molar-refractivity contribution in [2.24, 2.45) is 0 Å². The standard InChI is InChI=1S/C17H21N3O3/c18-8-12-1-3-13(4-2-12)17(22)19-14-7-15-11-23-16(5-6-21)10-20(15)9-14/h1-4,14-16,21H,5-7,9-11H2,(H,19,22)/t14-,15-,16-/m0/s1. The molecule has 0 radical (unpaired) electrons. The van der Waals surface area contributed by atoms with Crippen LogP contribution in [0.15, 0.2) is 24.3 Å². The maximum Gasteiger partial charge on any atom is 0.251 e. The highest BCUT2D eigenvalue weighted by atomic mass is 16.5. The number of nitrogens with one attached hydrogen (secondary N) is 1. The van der Waals surface area contributed by atoms with Crippen molar-refractivity contribution in [1.82, 2.24) is 10.2 Å². The summed E-state index contributed by atoms with van der Waals surface area (Å²) in [4.78, 5) is 14.6. The molecule has 2 aliphatic rings. The Kier molecular flexibility index (Phi) is 4.91. The first-order chi connectivity index (χ1) is 11.2. The average molecular weight is 315 g/mol. The zero-order chi connectivity index (χ0) is 16.2. The molecule has 2 fully saturated rings. The third-order valence-electron chi connectivity index (χ3n) is 4.55. The molecule has 6 heteroatoms. The molecule has 0 saturated carbocycles. The van der Waals surface area contributed by atoms with Crippen LogP contribution in [0.25, 0.3) is 0 Å². The molecular weight excluding hydrogens is 294 g/mol. The Bertz CT molecular complexity index is 596. The minimum Gasteiger partial charge on any atom is -0.396 e. The van der Waals surface area contributed by atoms with Gasteiger partial charge in [0.1, 0.15) is 0 Å². The molecule has 1 aromatic rings. The van der Waals surface area contributed by atoms with Crippen molar-refractivity contribution < 1.29 is 14.6 Å². The monoisotopic (exact) mass is 315 g/mol. The summed E-state index contributed by atoms with van der Waals surface area (Å²) in [7, 11) is 0. The van der Waals surface area contributed by atoms with Crippen LogP contribution in [0.3, 0.4) is 0 Å². The predicted molar refractivity (Wildman–Crippen MR) is 83.8 cm³/mol. The maximum absolute atomic E-state index is 12.3. The van der Waals surface area contributed by atoms with Crippen LogP contribution in [0.4, 0.5) is 0 Å². The van der Waals surface area contributed by atoms with Crippen molar-refractivity contribution in [3.63, 3.8) is 0 Å². The molecule has 1 amide bonds. The van der Waals surface area contributed by atoms with Gasteiger partial charge >= 0.3 is 0 Å². The Balaban J connectivity index is 1.55. The minimum atomic E-state index is -0.104. The summed E-state index contributed by atoms with van der Waals surface area (Å²) in [6.07, 6.45) is 1.63. The van der Waals surface area contributed by atoms with Crippen LogP contribution in [0.2, 0.25) is 0 Å². The molecular formula is C17H21N3O3. The molecule has 2 aliphatic heterocycles. The van der Waals surface area contributed by atoms with E-state index in [9.17, 15) is 4.79 Å². The largest absolute Gasteiger partial charge is 0.396 e. The number of morpholine rings is 1. The van der Waals surface area contributed by atoms with Crippen LogP contribution in [-0.2, 0) is 4.74 Å². The van der Waals surface area contributed by atoms with Gasteiger partial charge in [-0.3, -0.25) is 9.69 Å². The fraction of sp³-hybridized carbons (Fsp3) is 0.529. The molecule has 6 nitrogen and oxygen atoms in total. The number of hydrogen-bond acceptors (Lipinski definition) is 5. The van der Waals surface area contributed by atoms with Crippen LogP contribution in [0.1, 0.15) is 28.8 Å². The lowest BCUT2D eigenvalue weighted by molar-refractivity contribution is -0.0566. The lowest BCUT2D eigenvalue weighted by Crippen LogP contribution is -2.46. The molecule has 1 aromatic carbocycles. The van der Waals surface area contributed by atoms with E-state index in [0.29, 0.717) is 30.2 Å². The van der Waals surface area contributed by atoms with Gasteiger partial charge < -0.3 is 15.2 Å². The third-order valence-corrected chi connectivity index (χ3v) is 4.55. The lowest BCUT2D eigenvalue weighted by Gasteiger charge is -2.34.